The number of rotatable bonds is 4. The minimum absolute atomic E-state index is 0.0764. The summed E-state index contributed by atoms with van der Waals surface area (Å²) in [5.41, 5.74) is 1.12. The maximum Gasteiger partial charge on any atom is 0.159 e. The topological polar surface area (TPSA) is 49.3 Å². The van der Waals surface area contributed by atoms with Gasteiger partial charge in [-0.2, -0.15) is 0 Å². The van der Waals surface area contributed by atoms with Crippen LogP contribution in [0, 0.1) is 0 Å². The molecular formula is C15H21NO2. The van der Waals surface area contributed by atoms with Crippen molar-refractivity contribution in [2.24, 2.45) is 0 Å². The second-order valence-corrected chi connectivity index (χ2v) is 5.27. The summed E-state index contributed by atoms with van der Waals surface area (Å²) in [4.78, 5) is 11.2. The van der Waals surface area contributed by atoms with Gasteiger partial charge in [0.1, 0.15) is 0 Å². The second-order valence-electron chi connectivity index (χ2n) is 5.27. The van der Waals surface area contributed by atoms with E-state index in [1.807, 2.05) is 24.3 Å². The van der Waals surface area contributed by atoms with Crippen LogP contribution in [0.3, 0.4) is 0 Å². The first-order valence-corrected chi connectivity index (χ1v) is 6.66. The molecule has 0 bridgehead atoms. The van der Waals surface area contributed by atoms with Crippen molar-refractivity contribution in [2.45, 2.75) is 44.6 Å². The molecule has 0 aliphatic heterocycles. The zero-order chi connectivity index (χ0) is 13.0. The number of Topliss-reactive ketones (excluding diaryl/α,β-unsaturated/α-hetero) is 1. The molecule has 0 aromatic heterocycles. The van der Waals surface area contributed by atoms with Crippen LogP contribution in [0.1, 0.15) is 49.4 Å². The summed E-state index contributed by atoms with van der Waals surface area (Å²) in [7, 11) is 0. The molecule has 2 N–H and O–H groups in total. The number of benzene rings is 1. The Kier molecular flexibility index (Phi) is 4.02. The maximum atomic E-state index is 11.2. The fourth-order valence-electron chi connectivity index (χ4n) is 2.48. The summed E-state index contributed by atoms with van der Waals surface area (Å²) in [6, 6.07) is 7.41. The molecule has 1 aliphatic carbocycles. The Balaban J connectivity index is 1.91. The van der Waals surface area contributed by atoms with Gasteiger partial charge in [-0.3, -0.25) is 4.79 Å². The molecule has 0 atom stereocenters. The highest BCUT2D eigenvalue weighted by atomic mass is 16.3. The number of nitrogens with one attached hydrogen (secondary N) is 1. The predicted octanol–water partition coefficient (Wildman–Crippen LogP) is 3.00. The molecule has 1 saturated carbocycles. The minimum Gasteiger partial charge on any atom is -0.388 e. The van der Waals surface area contributed by atoms with E-state index in [1.54, 1.807) is 6.92 Å². The largest absolute Gasteiger partial charge is 0.388 e. The number of carbonyl (C=O) groups is 1. The van der Waals surface area contributed by atoms with Crippen LogP contribution in [0.15, 0.2) is 24.3 Å². The normalized spacial score (nSPS) is 18.3. The zero-order valence-electron chi connectivity index (χ0n) is 10.9. The van der Waals surface area contributed by atoms with Crippen molar-refractivity contribution in [3.05, 3.63) is 29.8 Å². The average molecular weight is 247 g/mol. The first-order chi connectivity index (χ1) is 8.59. The van der Waals surface area contributed by atoms with Gasteiger partial charge in [-0.15, -0.1) is 0 Å². The third-order valence-corrected chi connectivity index (χ3v) is 3.70. The van der Waals surface area contributed by atoms with Crippen LogP contribution in [-0.2, 0) is 0 Å². The predicted molar refractivity (Wildman–Crippen MR) is 73.0 cm³/mol. The molecule has 3 nitrogen and oxygen atoms in total. The molecule has 0 amide bonds. The Morgan fingerprint density at radius 3 is 2.39 bits per heavy atom. The Morgan fingerprint density at radius 1 is 1.22 bits per heavy atom. The van der Waals surface area contributed by atoms with Crippen LogP contribution in [0.2, 0.25) is 0 Å². The molecular weight excluding hydrogens is 226 g/mol. The highest BCUT2D eigenvalue weighted by Crippen LogP contribution is 2.28. The smallest absolute Gasteiger partial charge is 0.159 e. The number of hydrogen-bond acceptors (Lipinski definition) is 3. The Morgan fingerprint density at radius 2 is 1.83 bits per heavy atom. The molecule has 0 saturated heterocycles. The van der Waals surface area contributed by atoms with Crippen LogP contribution in [-0.4, -0.2) is 23.0 Å². The van der Waals surface area contributed by atoms with Crippen molar-refractivity contribution < 1.29 is 9.90 Å². The van der Waals surface area contributed by atoms with Crippen LogP contribution >= 0.6 is 0 Å². The molecule has 0 unspecified atom stereocenters. The van der Waals surface area contributed by atoms with Gasteiger partial charge in [-0.1, -0.05) is 19.3 Å². The van der Waals surface area contributed by atoms with Crippen molar-refractivity contribution in [1.82, 2.24) is 0 Å². The van der Waals surface area contributed by atoms with E-state index in [1.165, 1.54) is 6.42 Å². The van der Waals surface area contributed by atoms with Crippen LogP contribution < -0.4 is 5.32 Å². The van der Waals surface area contributed by atoms with Crippen molar-refractivity contribution in [3.63, 3.8) is 0 Å². The van der Waals surface area contributed by atoms with Gasteiger partial charge in [-0.25, -0.2) is 0 Å². The monoisotopic (exact) mass is 247 g/mol. The third-order valence-electron chi connectivity index (χ3n) is 3.70. The van der Waals surface area contributed by atoms with Crippen molar-refractivity contribution in [2.75, 3.05) is 11.9 Å². The lowest BCUT2D eigenvalue weighted by molar-refractivity contribution is 0.0167. The fraction of sp³-hybridized carbons (Fsp3) is 0.533. The SMILES string of the molecule is CC(=O)c1ccc(NCC2(O)CCCCC2)cc1. The molecule has 1 fully saturated rings. The number of ketones is 1. The molecule has 1 aromatic carbocycles. The highest BCUT2D eigenvalue weighted by molar-refractivity contribution is 5.94. The molecule has 0 radical (unpaired) electrons. The zero-order valence-corrected chi connectivity index (χ0v) is 10.9. The molecule has 98 valence electrons. The Labute approximate surface area is 108 Å². The second kappa shape index (κ2) is 5.53. The van der Waals surface area contributed by atoms with Gasteiger partial charge in [0, 0.05) is 17.8 Å². The summed E-state index contributed by atoms with van der Waals surface area (Å²) < 4.78 is 0. The summed E-state index contributed by atoms with van der Waals surface area (Å²) in [6.07, 6.45) is 5.22. The fourth-order valence-corrected chi connectivity index (χ4v) is 2.48. The molecule has 3 heteroatoms. The number of carbonyl (C=O) groups excluding carboxylic acids is 1. The number of hydrogen-bond donors (Lipinski definition) is 2. The van der Waals surface area contributed by atoms with E-state index in [0.29, 0.717) is 6.54 Å². The van der Waals surface area contributed by atoms with E-state index in [2.05, 4.69) is 5.32 Å². The van der Waals surface area contributed by atoms with E-state index in [4.69, 9.17) is 0 Å². The first-order valence-electron chi connectivity index (χ1n) is 6.66. The van der Waals surface area contributed by atoms with E-state index < -0.39 is 5.60 Å². The maximum absolute atomic E-state index is 11.2. The minimum atomic E-state index is -0.558. The van der Waals surface area contributed by atoms with Crippen LogP contribution in [0.5, 0.6) is 0 Å². The molecule has 1 aliphatic rings. The lowest BCUT2D eigenvalue weighted by Gasteiger charge is -2.32. The summed E-state index contributed by atoms with van der Waals surface area (Å²) in [5, 5.41) is 13.6. The first kappa shape index (κ1) is 13.1. The standard InChI is InChI=1S/C15H21NO2/c1-12(17)13-5-7-14(8-6-13)16-11-15(18)9-3-2-4-10-15/h5-8,16,18H,2-4,9-11H2,1H3. The van der Waals surface area contributed by atoms with Crippen molar-refractivity contribution in [3.8, 4) is 0 Å². The van der Waals surface area contributed by atoms with Gasteiger partial charge in [0.05, 0.1) is 5.60 Å². The quantitative estimate of drug-likeness (QED) is 0.804. The molecule has 0 heterocycles. The van der Waals surface area contributed by atoms with Gasteiger partial charge in [0.25, 0.3) is 0 Å². The lowest BCUT2D eigenvalue weighted by Crippen LogP contribution is -2.38. The van der Waals surface area contributed by atoms with E-state index in [0.717, 1.165) is 36.9 Å². The Bertz CT molecular complexity index is 405. The van der Waals surface area contributed by atoms with Crippen LogP contribution in [0.4, 0.5) is 5.69 Å². The molecule has 18 heavy (non-hydrogen) atoms. The van der Waals surface area contributed by atoms with Gasteiger partial charge in [-0.05, 0) is 44.0 Å². The van der Waals surface area contributed by atoms with Gasteiger partial charge >= 0.3 is 0 Å². The van der Waals surface area contributed by atoms with Gasteiger partial charge in [0.15, 0.2) is 5.78 Å². The lowest BCUT2D eigenvalue weighted by atomic mass is 9.85. The summed E-state index contributed by atoms with van der Waals surface area (Å²) in [6.45, 7) is 2.15. The Hall–Kier alpha value is -1.35. The van der Waals surface area contributed by atoms with Gasteiger partial charge in [0.2, 0.25) is 0 Å². The number of aliphatic hydroxyl groups is 1. The van der Waals surface area contributed by atoms with E-state index >= 15 is 0 Å². The van der Waals surface area contributed by atoms with E-state index in [-0.39, 0.29) is 5.78 Å². The highest BCUT2D eigenvalue weighted by Gasteiger charge is 2.28. The molecule has 2 rings (SSSR count). The third kappa shape index (κ3) is 3.33. The summed E-state index contributed by atoms with van der Waals surface area (Å²) >= 11 is 0. The van der Waals surface area contributed by atoms with Crippen molar-refractivity contribution >= 4 is 11.5 Å². The summed E-state index contributed by atoms with van der Waals surface area (Å²) in [5.74, 6) is 0.0764. The molecule has 1 aromatic rings. The average Bonchev–Trinajstić information content (AvgIpc) is 2.38. The van der Waals surface area contributed by atoms with Crippen molar-refractivity contribution in [1.29, 1.82) is 0 Å². The van der Waals surface area contributed by atoms with Crippen LogP contribution in [0.25, 0.3) is 0 Å². The molecule has 0 spiro atoms. The van der Waals surface area contributed by atoms with Gasteiger partial charge < -0.3 is 10.4 Å². The van der Waals surface area contributed by atoms with E-state index in [9.17, 15) is 9.90 Å². The number of anilines is 1.